The summed E-state index contributed by atoms with van der Waals surface area (Å²) in [6.07, 6.45) is 7.24. The third kappa shape index (κ3) is 4.83. The number of allylic oxidation sites excluding steroid dienone is 1. The van der Waals surface area contributed by atoms with E-state index in [9.17, 15) is 24.8 Å². The van der Waals surface area contributed by atoms with E-state index in [1.165, 1.54) is 31.6 Å². The van der Waals surface area contributed by atoms with E-state index < -0.39 is 28.0 Å². The Balaban J connectivity index is 1.44. The molecule has 0 spiro atoms. The molecule has 3 fully saturated rings. The first-order chi connectivity index (χ1) is 19.3. The number of aliphatic hydroxyl groups is 1. The van der Waals surface area contributed by atoms with Gasteiger partial charge in [-0.05, 0) is 80.8 Å². The zero-order valence-electron chi connectivity index (χ0n) is 24.5. The number of esters is 2. The number of nitro benzene ring substituents is 1. The summed E-state index contributed by atoms with van der Waals surface area (Å²) in [5, 5.41) is 28.1. The smallest absolute Gasteiger partial charge is 0.303 e. The second-order valence-electron chi connectivity index (χ2n) is 12.9. The Bertz CT molecular complexity index is 1290. The Morgan fingerprint density at radius 3 is 2.37 bits per heavy atom. The SMILES string of the molecule is CC(=O)O[C@H]1CC[C@@]2(C)C(=CC[C@@H]3[C@@H]2CC[C@@]2(C)[C@H]3C[C@H](OC(C)=O)[C@]2(O)/C(C)=N/Nc2ccc([N+](=O)[O-])cc2)C1. The van der Waals surface area contributed by atoms with Gasteiger partial charge in [-0.2, -0.15) is 5.10 Å². The van der Waals surface area contributed by atoms with Gasteiger partial charge in [0.2, 0.25) is 0 Å². The first-order valence-corrected chi connectivity index (χ1v) is 14.6. The predicted molar refractivity (Wildman–Crippen MR) is 153 cm³/mol. The normalized spacial score (nSPS) is 38.0. The molecule has 0 aromatic heterocycles. The monoisotopic (exact) mass is 567 g/mol. The van der Waals surface area contributed by atoms with Crippen molar-refractivity contribution in [1.82, 2.24) is 0 Å². The number of ether oxygens (including phenoxy) is 2. The van der Waals surface area contributed by atoms with Crippen molar-refractivity contribution in [2.24, 2.45) is 33.7 Å². The van der Waals surface area contributed by atoms with E-state index in [0.29, 0.717) is 29.7 Å². The standard InChI is InChI=1S/C31H41N3O7/c1-18(32-33-22-7-9-23(10-8-22)34(38)39)31(37)28(41-20(3)36)17-27-25-11-6-21-16-24(40-19(2)35)12-14-29(21,4)26(25)13-15-30(27,31)5/h6-10,24-28,33,37H,11-17H2,1-5H3/b32-18+/t24-,25+,26-,27-,28-,29-,30-,31+/m0/s1. The molecule has 2 N–H and O–H groups in total. The highest BCUT2D eigenvalue weighted by molar-refractivity contribution is 5.93. The average molecular weight is 568 g/mol. The van der Waals surface area contributed by atoms with Crippen LogP contribution in [0.1, 0.15) is 79.6 Å². The van der Waals surface area contributed by atoms with Gasteiger partial charge < -0.3 is 14.6 Å². The molecule has 0 bridgehead atoms. The van der Waals surface area contributed by atoms with Gasteiger partial charge in [-0.15, -0.1) is 0 Å². The fraction of sp³-hybridized carbons (Fsp3) is 0.645. The highest BCUT2D eigenvalue weighted by atomic mass is 16.6. The van der Waals surface area contributed by atoms with Crippen molar-refractivity contribution in [2.45, 2.75) is 97.4 Å². The molecule has 1 aromatic carbocycles. The fourth-order valence-corrected chi connectivity index (χ4v) is 8.83. The molecular weight excluding hydrogens is 526 g/mol. The molecule has 41 heavy (non-hydrogen) atoms. The number of carbonyl (C=O) groups excluding carboxylic acids is 2. The lowest BCUT2D eigenvalue weighted by Crippen LogP contribution is -2.60. The van der Waals surface area contributed by atoms with Gasteiger partial charge in [-0.3, -0.25) is 25.1 Å². The fourth-order valence-electron chi connectivity index (χ4n) is 8.83. The van der Waals surface area contributed by atoms with E-state index in [-0.39, 0.29) is 29.1 Å². The van der Waals surface area contributed by atoms with Crippen molar-refractivity contribution in [3.8, 4) is 0 Å². The second kappa shape index (κ2) is 10.5. The maximum atomic E-state index is 12.5. The topological polar surface area (TPSA) is 140 Å². The summed E-state index contributed by atoms with van der Waals surface area (Å²) >= 11 is 0. The van der Waals surface area contributed by atoms with Crippen LogP contribution < -0.4 is 5.43 Å². The Labute approximate surface area is 240 Å². The number of anilines is 1. The Morgan fingerprint density at radius 2 is 1.73 bits per heavy atom. The van der Waals surface area contributed by atoms with E-state index >= 15 is 0 Å². The number of benzene rings is 1. The molecule has 4 aliphatic rings. The van der Waals surface area contributed by atoms with E-state index in [0.717, 1.165) is 38.5 Å². The van der Waals surface area contributed by atoms with Crippen molar-refractivity contribution in [1.29, 1.82) is 0 Å². The molecule has 8 atom stereocenters. The Kier molecular flexibility index (Phi) is 7.51. The number of nitro groups is 1. The zero-order valence-corrected chi connectivity index (χ0v) is 24.5. The predicted octanol–water partition coefficient (Wildman–Crippen LogP) is 5.55. The molecule has 0 heterocycles. The van der Waals surface area contributed by atoms with Gasteiger partial charge in [0.25, 0.3) is 5.69 Å². The van der Waals surface area contributed by atoms with Crippen LogP contribution in [0.25, 0.3) is 0 Å². The number of fused-ring (bicyclic) bond motifs is 5. The minimum absolute atomic E-state index is 0.0130. The molecule has 3 saturated carbocycles. The molecule has 222 valence electrons. The van der Waals surface area contributed by atoms with Gasteiger partial charge in [0.15, 0.2) is 0 Å². The number of carbonyl (C=O) groups is 2. The van der Waals surface area contributed by atoms with E-state index in [2.05, 4.69) is 30.5 Å². The van der Waals surface area contributed by atoms with Crippen LogP contribution in [0, 0.1) is 38.7 Å². The minimum atomic E-state index is -1.49. The largest absolute Gasteiger partial charge is 0.462 e. The lowest BCUT2D eigenvalue weighted by molar-refractivity contribution is -0.384. The maximum absolute atomic E-state index is 12.5. The van der Waals surface area contributed by atoms with Crippen LogP contribution in [-0.2, 0) is 19.1 Å². The van der Waals surface area contributed by atoms with Gasteiger partial charge >= 0.3 is 11.9 Å². The van der Waals surface area contributed by atoms with Gasteiger partial charge in [-0.1, -0.05) is 25.5 Å². The lowest BCUT2D eigenvalue weighted by atomic mass is 9.46. The number of hydrogen-bond acceptors (Lipinski definition) is 9. The first-order valence-electron chi connectivity index (χ1n) is 14.6. The van der Waals surface area contributed by atoms with Crippen molar-refractivity contribution >= 4 is 29.0 Å². The molecule has 0 saturated heterocycles. The summed E-state index contributed by atoms with van der Waals surface area (Å²) in [6, 6.07) is 5.91. The molecule has 0 amide bonds. The van der Waals surface area contributed by atoms with Crippen molar-refractivity contribution < 1.29 is 29.1 Å². The van der Waals surface area contributed by atoms with Crippen LogP contribution in [0.5, 0.6) is 0 Å². The first kappa shape index (κ1) is 29.2. The van der Waals surface area contributed by atoms with Crippen LogP contribution in [0.15, 0.2) is 41.0 Å². The molecule has 10 nitrogen and oxygen atoms in total. The Morgan fingerprint density at radius 1 is 1.05 bits per heavy atom. The third-order valence-electron chi connectivity index (χ3n) is 10.9. The van der Waals surface area contributed by atoms with Crippen molar-refractivity contribution in [2.75, 3.05) is 5.43 Å². The lowest BCUT2D eigenvalue weighted by Gasteiger charge is -2.58. The molecule has 4 aliphatic carbocycles. The quantitative estimate of drug-likeness (QED) is 0.150. The number of hydrogen-bond donors (Lipinski definition) is 2. The van der Waals surface area contributed by atoms with Crippen LogP contribution >= 0.6 is 0 Å². The molecule has 5 rings (SSSR count). The number of non-ortho nitro benzene ring substituents is 1. The van der Waals surface area contributed by atoms with E-state index in [4.69, 9.17) is 9.47 Å². The second-order valence-corrected chi connectivity index (χ2v) is 12.9. The number of hydrazone groups is 1. The molecule has 0 aliphatic heterocycles. The van der Waals surface area contributed by atoms with Crippen LogP contribution in [-0.4, -0.2) is 45.5 Å². The molecular formula is C31H41N3O7. The van der Waals surface area contributed by atoms with Crippen LogP contribution in [0.2, 0.25) is 0 Å². The number of nitrogens with one attached hydrogen (secondary N) is 1. The van der Waals surface area contributed by atoms with Gasteiger partial charge in [0.1, 0.15) is 17.8 Å². The highest BCUT2D eigenvalue weighted by Crippen LogP contribution is 2.67. The molecule has 0 radical (unpaired) electrons. The summed E-state index contributed by atoms with van der Waals surface area (Å²) in [6.45, 7) is 9.06. The third-order valence-corrected chi connectivity index (χ3v) is 10.9. The van der Waals surface area contributed by atoms with E-state index in [1.807, 2.05) is 0 Å². The number of nitrogens with zero attached hydrogens (tertiary/aromatic N) is 2. The van der Waals surface area contributed by atoms with E-state index in [1.54, 1.807) is 19.1 Å². The van der Waals surface area contributed by atoms with Crippen LogP contribution in [0.3, 0.4) is 0 Å². The van der Waals surface area contributed by atoms with Gasteiger partial charge in [0, 0.05) is 37.8 Å². The van der Waals surface area contributed by atoms with Crippen LogP contribution in [0.4, 0.5) is 11.4 Å². The summed E-state index contributed by atoms with van der Waals surface area (Å²) < 4.78 is 11.4. The van der Waals surface area contributed by atoms with Gasteiger partial charge in [-0.25, -0.2) is 0 Å². The summed E-state index contributed by atoms with van der Waals surface area (Å²) in [7, 11) is 0. The average Bonchev–Trinajstić information content (AvgIpc) is 3.14. The molecule has 10 heteroatoms. The minimum Gasteiger partial charge on any atom is -0.462 e. The summed E-state index contributed by atoms with van der Waals surface area (Å²) in [5.74, 6) is 0.180. The van der Waals surface area contributed by atoms with Gasteiger partial charge in [0.05, 0.1) is 16.3 Å². The Hall–Kier alpha value is -3.27. The zero-order chi connectivity index (χ0) is 29.7. The summed E-state index contributed by atoms with van der Waals surface area (Å²) in [5.41, 5.74) is 3.22. The maximum Gasteiger partial charge on any atom is 0.303 e. The highest BCUT2D eigenvalue weighted by Gasteiger charge is 2.69. The van der Waals surface area contributed by atoms with Crippen molar-refractivity contribution in [3.05, 3.63) is 46.0 Å². The summed E-state index contributed by atoms with van der Waals surface area (Å²) in [4.78, 5) is 34.4. The van der Waals surface area contributed by atoms with Crippen molar-refractivity contribution in [3.63, 3.8) is 0 Å². The molecule has 0 unspecified atom stereocenters. The molecule has 1 aromatic rings. The number of rotatable bonds is 6.